The molecule has 2 aromatic carbocycles. The maximum absolute atomic E-state index is 10.3. The first-order valence-electron chi connectivity index (χ1n) is 12.0. The van der Waals surface area contributed by atoms with E-state index in [9.17, 15) is 10.2 Å². The van der Waals surface area contributed by atoms with E-state index in [1.54, 1.807) is 18.2 Å². The van der Waals surface area contributed by atoms with Gasteiger partial charge in [-0.05, 0) is 30.5 Å². The average Bonchev–Trinajstić information content (AvgIpc) is 2.75. The SMILES string of the molecule is CCCCCCCCCCCCCCC=Cc1cccc(O)c1-c1ccccc1O. The van der Waals surface area contributed by atoms with E-state index in [1.807, 2.05) is 24.3 Å². The molecule has 0 aliphatic rings. The summed E-state index contributed by atoms with van der Waals surface area (Å²) >= 11 is 0. The van der Waals surface area contributed by atoms with Gasteiger partial charge in [-0.15, -0.1) is 0 Å². The molecule has 2 aromatic rings. The zero-order valence-corrected chi connectivity index (χ0v) is 18.8. The number of unbranched alkanes of at least 4 members (excludes halogenated alkanes) is 12. The Bertz CT molecular complexity index is 748. The van der Waals surface area contributed by atoms with Crippen molar-refractivity contribution in [2.75, 3.05) is 0 Å². The van der Waals surface area contributed by atoms with Crippen LogP contribution in [0, 0.1) is 0 Å². The molecule has 0 saturated carbocycles. The summed E-state index contributed by atoms with van der Waals surface area (Å²) < 4.78 is 0. The number of hydrogen-bond donors (Lipinski definition) is 2. The van der Waals surface area contributed by atoms with Gasteiger partial charge < -0.3 is 10.2 Å². The van der Waals surface area contributed by atoms with Crippen LogP contribution in [0.15, 0.2) is 48.5 Å². The van der Waals surface area contributed by atoms with Crippen LogP contribution in [-0.4, -0.2) is 10.2 Å². The van der Waals surface area contributed by atoms with Gasteiger partial charge in [0, 0.05) is 11.1 Å². The molecule has 0 saturated heterocycles. The van der Waals surface area contributed by atoms with Crippen molar-refractivity contribution in [1.82, 2.24) is 0 Å². The second-order valence-corrected chi connectivity index (χ2v) is 8.34. The zero-order valence-electron chi connectivity index (χ0n) is 18.8. The summed E-state index contributed by atoms with van der Waals surface area (Å²) in [6.45, 7) is 2.27. The molecule has 2 N–H and O–H groups in total. The third kappa shape index (κ3) is 8.65. The number of para-hydroxylation sites is 1. The van der Waals surface area contributed by atoms with Crippen LogP contribution < -0.4 is 0 Å². The highest BCUT2D eigenvalue weighted by Crippen LogP contribution is 2.38. The Morgan fingerprint density at radius 1 is 0.633 bits per heavy atom. The lowest BCUT2D eigenvalue weighted by atomic mass is 9.97. The topological polar surface area (TPSA) is 40.5 Å². The van der Waals surface area contributed by atoms with Crippen LogP contribution in [0.25, 0.3) is 17.2 Å². The Morgan fingerprint density at radius 2 is 1.20 bits per heavy atom. The molecule has 0 unspecified atom stereocenters. The van der Waals surface area contributed by atoms with Gasteiger partial charge in [-0.3, -0.25) is 0 Å². The zero-order chi connectivity index (χ0) is 21.4. The van der Waals surface area contributed by atoms with E-state index in [0.717, 1.165) is 12.0 Å². The number of hydrogen-bond acceptors (Lipinski definition) is 2. The fourth-order valence-electron chi connectivity index (χ4n) is 3.99. The fourth-order valence-corrected chi connectivity index (χ4v) is 3.99. The number of phenols is 2. The summed E-state index contributed by atoms with van der Waals surface area (Å²) in [4.78, 5) is 0. The highest BCUT2D eigenvalue weighted by atomic mass is 16.3. The molecule has 30 heavy (non-hydrogen) atoms. The van der Waals surface area contributed by atoms with Crippen molar-refractivity contribution in [2.24, 2.45) is 0 Å². The smallest absolute Gasteiger partial charge is 0.124 e. The van der Waals surface area contributed by atoms with Crippen LogP contribution in [0.3, 0.4) is 0 Å². The van der Waals surface area contributed by atoms with E-state index in [2.05, 4.69) is 19.1 Å². The molecule has 0 aliphatic carbocycles. The van der Waals surface area contributed by atoms with E-state index >= 15 is 0 Å². The summed E-state index contributed by atoms with van der Waals surface area (Å²) in [6.07, 6.45) is 21.7. The second-order valence-electron chi connectivity index (χ2n) is 8.34. The van der Waals surface area contributed by atoms with Crippen molar-refractivity contribution in [3.63, 3.8) is 0 Å². The fraction of sp³-hybridized carbons (Fsp3) is 0.500. The van der Waals surface area contributed by atoms with E-state index in [1.165, 1.54) is 77.0 Å². The van der Waals surface area contributed by atoms with Crippen LogP contribution in [0.2, 0.25) is 0 Å². The van der Waals surface area contributed by atoms with E-state index < -0.39 is 0 Å². The van der Waals surface area contributed by atoms with Gasteiger partial charge >= 0.3 is 0 Å². The molecule has 2 nitrogen and oxygen atoms in total. The van der Waals surface area contributed by atoms with Crippen molar-refractivity contribution in [2.45, 2.75) is 90.4 Å². The largest absolute Gasteiger partial charge is 0.507 e. The quantitative estimate of drug-likeness (QED) is 0.289. The van der Waals surface area contributed by atoms with Crippen LogP contribution >= 0.6 is 0 Å². The van der Waals surface area contributed by atoms with Crippen molar-refractivity contribution in [1.29, 1.82) is 0 Å². The average molecular weight is 409 g/mol. The van der Waals surface area contributed by atoms with Crippen molar-refractivity contribution in [3.8, 4) is 22.6 Å². The highest BCUT2D eigenvalue weighted by molar-refractivity contribution is 5.83. The van der Waals surface area contributed by atoms with Crippen LogP contribution in [0.5, 0.6) is 11.5 Å². The predicted octanol–water partition coefficient (Wildman–Crippen LogP) is 8.87. The van der Waals surface area contributed by atoms with Gasteiger partial charge in [0.05, 0.1) is 0 Å². The molecule has 2 rings (SSSR count). The van der Waals surface area contributed by atoms with Crippen LogP contribution in [-0.2, 0) is 0 Å². The molecular formula is C28H40O2. The standard InChI is InChI=1S/C28H40O2/c1-2-3-4-5-6-7-8-9-10-11-12-13-14-15-19-24-20-18-23-27(30)28(24)25-21-16-17-22-26(25)29/h15-23,29-30H,2-14H2,1H3. The lowest BCUT2D eigenvalue weighted by Crippen LogP contribution is -1.85. The molecule has 0 bridgehead atoms. The Balaban J connectivity index is 1.65. The first kappa shape index (κ1) is 24.1. The van der Waals surface area contributed by atoms with Crippen LogP contribution in [0.1, 0.15) is 96.0 Å². The number of rotatable bonds is 15. The maximum Gasteiger partial charge on any atom is 0.124 e. The number of allylic oxidation sites excluding steroid dienone is 1. The number of aromatic hydroxyl groups is 2. The molecule has 0 atom stereocenters. The monoisotopic (exact) mass is 408 g/mol. The minimum atomic E-state index is 0.189. The van der Waals surface area contributed by atoms with Crippen molar-refractivity contribution >= 4 is 6.08 Å². The molecule has 164 valence electrons. The van der Waals surface area contributed by atoms with Gasteiger partial charge in [-0.2, -0.15) is 0 Å². The molecular weight excluding hydrogens is 368 g/mol. The molecule has 0 aliphatic heterocycles. The first-order valence-corrected chi connectivity index (χ1v) is 12.0. The summed E-state index contributed by atoms with van der Waals surface area (Å²) in [7, 11) is 0. The molecule has 0 heterocycles. The number of benzene rings is 2. The second kappa shape index (κ2) is 14.7. The van der Waals surface area contributed by atoms with Gasteiger partial charge in [-0.1, -0.05) is 120 Å². The molecule has 0 radical (unpaired) electrons. The Morgan fingerprint density at radius 3 is 1.83 bits per heavy atom. The Hall–Kier alpha value is -2.22. The minimum Gasteiger partial charge on any atom is -0.507 e. The lowest BCUT2D eigenvalue weighted by Gasteiger charge is -2.10. The third-order valence-electron chi connectivity index (χ3n) is 5.77. The van der Waals surface area contributed by atoms with Gasteiger partial charge in [0.1, 0.15) is 11.5 Å². The number of phenolic OH excluding ortho intramolecular Hbond substituents is 2. The molecule has 0 aromatic heterocycles. The highest BCUT2D eigenvalue weighted by Gasteiger charge is 2.11. The minimum absolute atomic E-state index is 0.189. The Labute approximate surface area is 183 Å². The van der Waals surface area contributed by atoms with Crippen molar-refractivity contribution < 1.29 is 10.2 Å². The normalized spacial score (nSPS) is 11.4. The molecule has 0 amide bonds. The first-order chi connectivity index (χ1) is 14.7. The summed E-state index contributed by atoms with van der Waals surface area (Å²) in [6, 6.07) is 12.7. The van der Waals surface area contributed by atoms with Gasteiger partial charge in [0.15, 0.2) is 0 Å². The maximum atomic E-state index is 10.3. The summed E-state index contributed by atoms with van der Waals surface area (Å²) in [5.41, 5.74) is 2.30. The molecule has 2 heteroatoms. The van der Waals surface area contributed by atoms with E-state index in [-0.39, 0.29) is 11.5 Å². The van der Waals surface area contributed by atoms with Crippen LogP contribution in [0.4, 0.5) is 0 Å². The Kier molecular flexibility index (Phi) is 11.8. The molecule has 0 spiro atoms. The molecule has 0 fully saturated rings. The lowest BCUT2D eigenvalue weighted by molar-refractivity contribution is 0.469. The third-order valence-corrected chi connectivity index (χ3v) is 5.77. The van der Waals surface area contributed by atoms with Gasteiger partial charge in [0.25, 0.3) is 0 Å². The van der Waals surface area contributed by atoms with Crippen molar-refractivity contribution in [3.05, 3.63) is 54.1 Å². The van der Waals surface area contributed by atoms with Gasteiger partial charge in [-0.25, -0.2) is 0 Å². The summed E-state index contributed by atoms with van der Waals surface area (Å²) in [5, 5.41) is 20.5. The van der Waals surface area contributed by atoms with E-state index in [4.69, 9.17) is 0 Å². The van der Waals surface area contributed by atoms with Gasteiger partial charge in [0.2, 0.25) is 0 Å². The predicted molar refractivity (Wildman–Crippen MR) is 130 cm³/mol. The van der Waals surface area contributed by atoms with E-state index in [0.29, 0.717) is 11.1 Å². The summed E-state index contributed by atoms with van der Waals surface area (Å²) in [5.74, 6) is 0.388.